The summed E-state index contributed by atoms with van der Waals surface area (Å²) < 4.78 is 5.47. The van der Waals surface area contributed by atoms with Crippen LogP contribution in [0.1, 0.15) is 11.1 Å². The number of aliphatic carboxylic acids is 1. The van der Waals surface area contributed by atoms with Crippen LogP contribution in [0.25, 0.3) is 0 Å². The minimum Gasteiger partial charge on any atom is -0.482 e. The molecule has 1 N–H and O–H groups in total. The minimum atomic E-state index is -1.13. The van der Waals surface area contributed by atoms with E-state index in [4.69, 9.17) is 9.84 Å². The van der Waals surface area contributed by atoms with E-state index in [-0.39, 0.29) is 23.6 Å². The van der Waals surface area contributed by atoms with Crippen molar-refractivity contribution in [3.05, 3.63) is 69.8 Å². The average Bonchev–Trinajstić information content (AvgIpc) is 2.45. The Morgan fingerprint density at radius 1 is 1.14 bits per heavy atom. The predicted molar refractivity (Wildman–Crippen MR) is 75.2 cm³/mol. The molecule has 2 aromatic carbocycles. The first kappa shape index (κ1) is 14.5. The fraction of sp³-hybridized carbons (Fsp3) is 0.133. The summed E-state index contributed by atoms with van der Waals surface area (Å²) in [6.07, 6.45) is -0.418. The number of nitrogens with zero attached hydrogens (tertiary/aromatic N) is 1. The molecule has 108 valence electrons. The molecule has 0 fully saturated rings. The van der Waals surface area contributed by atoms with Gasteiger partial charge in [-0.1, -0.05) is 42.5 Å². The molecule has 0 atom stereocenters. The summed E-state index contributed by atoms with van der Waals surface area (Å²) in [7, 11) is 0. The highest BCUT2D eigenvalue weighted by Crippen LogP contribution is 2.31. The molecule has 6 heteroatoms. The van der Waals surface area contributed by atoms with Gasteiger partial charge in [-0.3, -0.25) is 14.9 Å². The zero-order chi connectivity index (χ0) is 15.2. The molecule has 0 spiro atoms. The Hall–Kier alpha value is -2.89. The van der Waals surface area contributed by atoms with E-state index in [0.717, 1.165) is 5.56 Å². The Morgan fingerprint density at radius 2 is 1.86 bits per heavy atom. The van der Waals surface area contributed by atoms with Crippen molar-refractivity contribution in [1.82, 2.24) is 0 Å². The van der Waals surface area contributed by atoms with E-state index in [1.54, 1.807) is 6.07 Å². The molecule has 0 aliphatic carbocycles. The van der Waals surface area contributed by atoms with E-state index in [1.165, 1.54) is 12.1 Å². The van der Waals surface area contributed by atoms with Crippen LogP contribution in [0.15, 0.2) is 48.5 Å². The van der Waals surface area contributed by atoms with Crippen molar-refractivity contribution in [3.8, 4) is 5.75 Å². The number of carboxylic acids is 1. The van der Waals surface area contributed by atoms with Gasteiger partial charge in [-0.15, -0.1) is 0 Å². The molecule has 21 heavy (non-hydrogen) atoms. The smallest absolute Gasteiger partial charge is 0.314 e. The van der Waals surface area contributed by atoms with Gasteiger partial charge in [-0.25, -0.2) is 0 Å². The molecule has 0 amide bonds. The number of hydrogen-bond acceptors (Lipinski definition) is 4. The second-order valence-electron chi connectivity index (χ2n) is 4.37. The summed E-state index contributed by atoms with van der Waals surface area (Å²) >= 11 is 0. The van der Waals surface area contributed by atoms with Gasteiger partial charge in [-0.2, -0.15) is 0 Å². The highest BCUT2D eigenvalue weighted by atomic mass is 16.6. The largest absolute Gasteiger partial charge is 0.482 e. The monoisotopic (exact) mass is 287 g/mol. The Balaban J connectivity index is 2.26. The third-order valence-corrected chi connectivity index (χ3v) is 2.84. The quantitative estimate of drug-likeness (QED) is 0.651. The van der Waals surface area contributed by atoms with Gasteiger partial charge in [0, 0.05) is 5.56 Å². The summed E-state index contributed by atoms with van der Waals surface area (Å²) in [5.74, 6) is -1.05. The SMILES string of the molecule is O=C(O)Cc1cccc(OCc2ccccc2)c1[N+](=O)[O-]. The molecule has 0 saturated carbocycles. The first-order valence-corrected chi connectivity index (χ1v) is 6.22. The summed E-state index contributed by atoms with van der Waals surface area (Å²) in [5, 5.41) is 20.0. The van der Waals surface area contributed by atoms with Crippen molar-refractivity contribution in [1.29, 1.82) is 0 Å². The molecule has 2 aromatic rings. The number of para-hydroxylation sites is 1. The van der Waals surface area contributed by atoms with Crippen LogP contribution < -0.4 is 4.74 Å². The van der Waals surface area contributed by atoms with Gasteiger partial charge in [0.15, 0.2) is 5.75 Å². The molecule has 0 aromatic heterocycles. The Bertz CT molecular complexity index is 654. The lowest BCUT2D eigenvalue weighted by atomic mass is 10.1. The lowest BCUT2D eigenvalue weighted by Crippen LogP contribution is -2.06. The van der Waals surface area contributed by atoms with Crippen molar-refractivity contribution in [3.63, 3.8) is 0 Å². The van der Waals surface area contributed by atoms with Crippen LogP contribution in [0.3, 0.4) is 0 Å². The van der Waals surface area contributed by atoms with Crippen LogP contribution >= 0.6 is 0 Å². The van der Waals surface area contributed by atoms with Crippen LogP contribution in [0.5, 0.6) is 5.75 Å². The number of nitro groups is 1. The van der Waals surface area contributed by atoms with Crippen LogP contribution in [-0.4, -0.2) is 16.0 Å². The van der Waals surface area contributed by atoms with Gasteiger partial charge >= 0.3 is 11.7 Å². The zero-order valence-corrected chi connectivity index (χ0v) is 11.1. The summed E-state index contributed by atoms with van der Waals surface area (Å²) in [5.41, 5.74) is 0.698. The van der Waals surface area contributed by atoms with Gasteiger partial charge < -0.3 is 9.84 Å². The van der Waals surface area contributed by atoms with Gasteiger partial charge in [-0.05, 0) is 11.6 Å². The van der Waals surface area contributed by atoms with E-state index in [1.807, 2.05) is 30.3 Å². The molecule has 0 aliphatic rings. The highest BCUT2D eigenvalue weighted by molar-refractivity contribution is 5.73. The Kier molecular flexibility index (Phi) is 4.50. The third-order valence-electron chi connectivity index (χ3n) is 2.84. The molecule has 0 radical (unpaired) electrons. The number of benzene rings is 2. The number of carboxylic acid groups (broad SMARTS) is 1. The first-order chi connectivity index (χ1) is 10.1. The lowest BCUT2D eigenvalue weighted by Gasteiger charge is -2.09. The van der Waals surface area contributed by atoms with Crippen LogP contribution in [0.2, 0.25) is 0 Å². The van der Waals surface area contributed by atoms with Gasteiger partial charge in [0.25, 0.3) is 0 Å². The number of ether oxygens (including phenoxy) is 1. The fourth-order valence-corrected chi connectivity index (χ4v) is 1.93. The molecule has 6 nitrogen and oxygen atoms in total. The number of nitro benzene ring substituents is 1. The average molecular weight is 287 g/mol. The maximum Gasteiger partial charge on any atom is 0.314 e. The van der Waals surface area contributed by atoms with E-state index in [2.05, 4.69) is 0 Å². The maximum absolute atomic E-state index is 11.2. The molecule has 0 bridgehead atoms. The standard InChI is InChI=1S/C15H13NO5/c17-14(18)9-12-7-4-8-13(15(12)16(19)20)21-10-11-5-2-1-3-6-11/h1-8H,9-10H2,(H,17,18). The van der Waals surface area contributed by atoms with Crippen LogP contribution in [0, 0.1) is 10.1 Å². The molecular weight excluding hydrogens is 274 g/mol. The topological polar surface area (TPSA) is 89.7 Å². The summed E-state index contributed by atoms with van der Waals surface area (Å²) in [4.78, 5) is 21.3. The van der Waals surface area contributed by atoms with Gasteiger partial charge in [0.1, 0.15) is 6.61 Å². The molecule has 0 aliphatic heterocycles. The molecule has 0 unspecified atom stereocenters. The van der Waals surface area contributed by atoms with Crippen molar-refractivity contribution in [2.75, 3.05) is 0 Å². The van der Waals surface area contributed by atoms with Crippen LogP contribution in [0.4, 0.5) is 5.69 Å². The zero-order valence-electron chi connectivity index (χ0n) is 11.1. The third kappa shape index (κ3) is 3.79. The van der Waals surface area contributed by atoms with E-state index in [9.17, 15) is 14.9 Å². The fourth-order valence-electron chi connectivity index (χ4n) is 1.93. The second kappa shape index (κ2) is 6.51. The minimum absolute atomic E-state index is 0.0719. The first-order valence-electron chi connectivity index (χ1n) is 6.22. The Labute approximate surface area is 120 Å². The number of hydrogen-bond donors (Lipinski definition) is 1. The predicted octanol–water partition coefficient (Wildman–Crippen LogP) is 2.80. The van der Waals surface area contributed by atoms with Crippen molar-refractivity contribution < 1.29 is 19.6 Å². The number of rotatable bonds is 6. The van der Waals surface area contributed by atoms with Crippen molar-refractivity contribution in [2.24, 2.45) is 0 Å². The molecule has 0 saturated heterocycles. The maximum atomic E-state index is 11.2. The summed E-state index contributed by atoms with van der Waals surface area (Å²) in [6.45, 7) is 0.179. The van der Waals surface area contributed by atoms with Gasteiger partial charge in [0.05, 0.1) is 11.3 Å². The molecular formula is C15H13NO5. The normalized spacial score (nSPS) is 10.1. The van der Waals surface area contributed by atoms with Crippen molar-refractivity contribution >= 4 is 11.7 Å². The van der Waals surface area contributed by atoms with Gasteiger partial charge in [0.2, 0.25) is 0 Å². The highest BCUT2D eigenvalue weighted by Gasteiger charge is 2.22. The van der Waals surface area contributed by atoms with E-state index in [0.29, 0.717) is 0 Å². The van der Waals surface area contributed by atoms with E-state index < -0.39 is 17.3 Å². The lowest BCUT2D eigenvalue weighted by molar-refractivity contribution is -0.386. The molecule has 0 heterocycles. The molecule has 2 rings (SSSR count). The van der Waals surface area contributed by atoms with Crippen molar-refractivity contribution in [2.45, 2.75) is 13.0 Å². The Morgan fingerprint density at radius 3 is 2.48 bits per heavy atom. The summed E-state index contributed by atoms with van der Waals surface area (Å²) in [6, 6.07) is 13.7. The van der Waals surface area contributed by atoms with E-state index >= 15 is 0 Å². The van der Waals surface area contributed by atoms with Crippen LogP contribution in [-0.2, 0) is 17.8 Å². The number of carbonyl (C=O) groups is 1. The second-order valence-corrected chi connectivity index (χ2v) is 4.37.